The molecule has 0 bridgehead atoms. The smallest absolute Gasteiger partial charge is 0.00406 e. The highest BCUT2D eigenvalue weighted by molar-refractivity contribution is 5.07. The normalized spacial score (nSPS) is 28.3. The third kappa shape index (κ3) is 3.98. The van der Waals surface area contributed by atoms with Gasteiger partial charge in [-0.25, -0.2) is 0 Å². The highest BCUT2D eigenvalue weighted by atomic mass is 14.9. The van der Waals surface area contributed by atoms with Crippen molar-refractivity contribution in [3.05, 3.63) is 12.2 Å². The lowest BCUT2D eigenvalue weighted by molar-refractivity contribution is 0.226. The zero-order valence-corrected chi connectivity index (χ0v) is 10.7. The van der Waals surface area contributed by atoms with Gasteiger partial charge in [-0.1, -0.05) is 39.3 Å². The van der Waals surface area contributed by atoms with Gasteiger partial charge in [-0.15, -0.1) is 0 Å². The van der Waals surface area contributed by atoms with Gasteiger partial charge in [0.25, 0.3) is 0 Å². The Morgan fingerprint density at radius 3 is 2.27 bits per heavy atom. The van der Waals surface area contributed by atoms with Crippen molar-refractivity contribution in [2.75, 3.05) is 13.1 Å². The number of hydrogen-bond acceptors (Lipinski definition) is 1. The lowest BCUT2D eigenvalue weighted by atomic mass is 9.70. The molecule has 1 nitrogen and oxygen atoms in total. The van der Waals surface area contributed by atoms with Crippen LogP contribution in [0.2, 0.25) is 0 Å². The van der Waals surface area contributed by atoms with Gasteiger partial charge in [0.1, 0.15) is 0 Å². The number of allylic oxidation sites excluding steroid dienone is 2. The van der Waals surface area contributed by atoms with E-state index in [1.807, 2.05) is 0 Å². The minimum atomic E-state index is 0.595. The number of rotatable bonds is 0. The average molecular weight is 209 g/mol. The maximum atomic E-state index is 3.43. The van der Waals surface area contributed by atoms with Gasteiger partial charge < -0.3 is 5.32 Å². The summed E-state index contributed by atoms with van der Waals surface area (Å²) < 4.78 is 0. The maximum Gasteiger partial charge on any atom is -0.00406 e. The Bertz CT molecular complexity index is 190. The van der Waals surface area contributed by atoms with Gasteiger partial charge in [-0.2, -0.15) is 0 Å². The van der Waals surface area contributed by atoms with Crippen molar-refractivity contribution >= 4 is 0 Å². The van der Waals surface area contributed by atoms with Crippen LogP contribution in [0.15, 0.2) is 12.2 Å². The van der Waals surface area contributed by atoms with E-state index in [1.165, 1.54) is 45.2 Å². The summed E-state index contributed by atoms with van der Waals surface area (Å²) in [6.07, 6.45) is 11.7. The average Bonchev–Trinajstić information content (AvgIpc) is 2.26. The van der Waals surface area contributed by atoms with E-state index in [-0.39, 0.29) is 0 Å². The van der Waals surface area contributed by atoms with Gasteiger partial charge >= 0.3 is 0 Å². The molecule has 2 rings (SSSR count). The van der Waals surface area contributed by atoms with E-state index in [1.54, 1.807) is 0 Å². The minimum absolute atomic E-state index is 0.595. The molecule has 1 heteroatoms. The van der Waals surface area contributed by atoms with Gasteiger partial charge in [-0.3, -0.25) is 0 Å². The number of nitrogens with one attached hydrogen (secondary N) is 1. The molecule has 15 heavy (non-hydrogen) atoms. The van der Waals surface area contributed by atoms with E-state index in [0.717, 1.165) is 5.92 Å². The quantitative estimate of drug-likeness (QED) is 0.599. The molecule has 1 saturated heterocycles. The van der Waals surface area contributed by atoms with E-state index >= 15 is 0 Å². The predicted octanol–water partition coefficient (Wildman–Crippen LogP) is 3.76. The molecule has 0 amide bonds. The second-order valence-corrected chi connectivity index (χ2v) is 5.19. The molecule has 1 aliphatic carbocycles. The first-order valence-electron chi connectivity index (χ1n) is 6.62. The molecule has 0 saturated carbocycles. The van der Waals surface area contributed by atoms with Crippen molar-refractivity contribution < 1.29 is 0 Å². The van der Waals surface area contributed by atoms with Crippen molar-refractivity contribution in [3.8, 4) is 0 Å². The van der Waals surface area contributed by atoms with Gasteiger partial charge in [0.2, 0.25) is 0 Å². The monoisotopic (exact) mass is 209 g/mol. The van der Waals surface area contributed by atoms with Crippen LogP contribution >= 0.6 is 0 Å². The van der Waals surface area contributed by atoms with Gasteiger partial charge in [0.05, 0.1) is 0 Å². The highest BCUT2D eigenvalue weighted by Crippen LogP contribution is 2.40. The summed E-state index contributed by atoms with van der Waals surface area (Å²) in [7, 11) is 0. The Hall–Kier alpha value is -0.300. The number of hydrogen-bond donors (Lipinski definition) is 1. The number of piperidine rings is 1. The lowest BCUT2D eigenvalue weighted by Gasteiger charge is -2.38. The Kier molecular flexibility index (Phi) is 5.38. The van der Waals surface area contributed by atoms with Crippen molar-refractivity contribution in [2.45, 2.75) is 52.9 Å². The van der Waals surface area contributed by atoms with E-state index < -0.39 is 0 Å². The molecule has 0 radical (unpaired) electrons. The van der Waals surface area contributed by atoms with Crippen LogP contribution < -0.4 is 5.32 Å². The first kappa shape index (κ1) is 12.8. The molecule has 1 aliphatic heterocycles. The zero-order chi connectivity index (χ0) is 11.1. The molecule has 2 aliphatic rings. The molecule has 1 fully saturated rings. The highest BCUT2D eigenvalue weighted by Gasteiger charge is 2.31. The molecule has 1 heterocycles. The summed E-state index contributed by atoms with van der Waals surface area (Å²) >= 11 is 0. The summed E-state index contributed by atoms with van der Waals surface area (Å²) in [6.45, 7) is 9.02. The van der Waals surface area contributed by atoms with Crippen LogP contribution in [0.3, 0.4) is 0 Å². The fourth-order valence-corrected chi connectivity index (χ4v) is 2.40. The summed E-state index contributed by atoms with van der Waals surface area (Å²) in [6, 6.07) is 0. The Balaban J connectivity index is 0.000000337. The SMILES string of the molecule is CC1C=CC2(CCNCC2)CC1.CCC. The van der Waals surface area contributed by atoms with Crippen LogP contribution in [0.1, 0.15) is 52.9 Å². The van der Waals surface area contributed by atoms with Gasteiger partial charge in [0, 0.05) is 0 Å². The van der Waals surface area contributed by atoms with E-state index in [4.69, 9.17) is 0 Å². The summed E-state index contributed by atoms with van der Waals surface area (Å²) in [4.78, 5) is 0. The van der Waals surface area contributed by atoms with Gasteiger partial charge in [0.15, 0.2) is 0 Å². The summed E-state index contributed by atoms with van der Waals surface area (Å²) in [5.41, 5.74) is 0.595. The van der Waals surface area contributed by atoms with Crippen LogP contribution in [0.4, 0.5) is 0 Å². The molecule has 0 aromatic carbocycles. The molecule has 1 unspecified atom stereocenters. The van der Waals surface area contributed by atoms with Crippen molar-refractivity contribution in [1.82, 2.24) is 5.32 Å². The van der Waals surface area contributed by atoms with Crippen LogP contribution in [0.25, 0.3) is 0 Å². The third-order valence-corrected chi connectivity index (χ3v) is 3.48. The topological polar surface area (TPSA) is 12.0 Å². The third-order valence-electron chi connectivity index (χ3n) is 3.48. The fraction of sp³-hybridized carbons (Fsp3) is 0.857. The van der Waals surface area contributed by atoms with Crippen LogP contribution in [0, 0.1) is 11.3 Å². The first-order chi connectivity index (χ1) is 7.22. The predicted molar refractivity (Wildman–Crippen MR) is 68.0 cm³/mol. The van der Waals surface area contributed by atoms with Crippen molar-refractivity contribution in [1.29, 1.82) is 0 Å². The molecule has 1 spiro atoms. The standard InChI is InChI=1S/C11H19N.C3H8/c1-10-2-4-11(5-3-10)6-8-12-9-7-11;1-3-2/h2,4,10,12H,3,5-9H2,1H3;3H2,1-2H3. The largest absolute Gasteiger partial charge is 0.317 e. The minimum Gasteiger partial charge on any atom is -0.317 e. The summed E-state index contributed by atoms with van der Waals surface area (Å²) in [5.74, 6) is 0.825. The molecular formula is C14H27N. The fourth-order valence-electron chi connectivity index (χ4n) is 2.40. The maximum absolute atomic E-state index is 3.43. The van der Waals surface area contributed by atoms with Crippen molar-refractivity contribution in [2.24, 2.45) is 11.3 Å². The molecular weight excluding hydrogens is 182 g/mol. The van der Waals surface area contributed by atoms with Crippen molar-refractivity contribution in [3.63, 3.8) is 0 Å². The first-order valence-corrected chi connectivity index (χ1v) is 6.62. The van der Waals surface area contributed by atoms with E-state index in [9.17, 15) is 0 Å². The Morgan fingerprint density at radius 2 is 1.80 bits per heavy atom. The van der Waals surface area contributed by atoms with Gasteiger partial charge in [-0.05, 0) is 50.1 Å². The van der Waals surface area contributed by atoms with Crippen LogP contribution in [0.5, 0.6) is 0 Å². The van der Waals surface area contributed by atoms with E-state index in [0.29, 0.717) is 5.41 Å². The van der Waals surface area contributed by atoms with E-state index in [2.05, 4.69) is 38.2 Å². The van der Waals surface area contributed by atoms with Crippen LogP contribution in [-0.4, -0.2) is 13.1 Å². The molecule has 0 aromatic heterocycles. The molecule has 1 atom stereocenters. The lowest BCUT2D eigenvalue weighted by Crippen LogP contribution is -2.36. The zero-order valence-electron chi connectivity index (χ0n) is 10.7. The Morgan fingerprint density at radius 1 is 1.20 bits per heavy atom. The second kappa shape index (κ2) is 6.32. The second-order valence-electron chi connectivity index (χ2n) is 5.19. The molecule has 0 aromatic rings. The molecule has 1 N–H and O–H groups in total. The van der Waals surface area contributed by atoms with Crippen LogP contribution in [-0.2, 0) is 0 Å². The summed E-state index contributed by atoms with van der Waals surface area (Å²) in [5, 5.41) is 3.43. The molecule has 88 valence electrons. The Labute approximate surface area is 95.3 Å².